The number of likely N-dealkylation sites (tertiary alicyclic amines) is 1. The van der Waals surface area contributed by atoms with E-state index in [4.69, 9.17) is 0 Å². The summed E-state index contributed by atoms with van der Waals surface area (Å²) in [5.74, 6) is -3.44. The summed E-state index contributed by atoms with van der Waals surface area (Å²) in [6, 6.07) is 2.91. The molecular weight excluding hydrogens is 292 g/mol. The molecular formula is C16H17F2NO3. The maximum Gasteiger partial charge on any atom is 0.326 e. The van der Waals surface area contributed by atoms with Gasteiger partial charge in [-0.1, -0.05) is 6.07 Å². The molecule has 0 spiro atoms. The lowest BCUT2D eigenvalue weighted by molar-refractivity contribution is -0.152. The van der Waals surface area contributed by atoms with Crippen LogP contribution < -0.4 is 0 Å². The second-order valence-corrected chi connectivity index (χ2v) is 6.00. The Morgan fingerprint density at radius 2 is 1.95 bits per heavy atom. The molecule has 1 saturated heterocycles. The van der Waals surface area contributed by atoms with E-state index in [0.717, 1.165) is 25.0 Å². The van der Waals surface area contributed by atoms with E-state index in [0.29, 0.717) is 24.9 Å². The van der Waals surface area contributed by atoms with Gasteiger partial charge in [-0.15, -0.1) is 0 Å². The first-order valence-electron chi connectivity index (χ1n) is 7.47. The SMILES string of the molecule is O=C(O)[C@H]1CCCCN1C(=O)[C@H]1C[C@@H]1c1ccc(F)c(F)c1. The van der Waals surface area contributed by atoms with Gasteiger partial charge in [-0.2, -0.15) is 0 Å². The van der Waals surface area contributed by atoms with E-state index in [2.05, 4.69) is 0 Å². The van der Waals surface area contributed by atoms with Crippen LogP contribution in [0, 0.1) is 17.6 Å². The van der Waals surface area contributed by atoms with Gasteiger partial charge in [-0.05, 0) is 49.3 Å². The first-order valence-corrected chi connectivity index (χ1v) is 7.47. The highest BCUT2D eigenvalue weighted by Gasteiger charge is 2.48. The molecule has 1 heterocycles. The van der Waals surface area contributed by atoms with Crippen molar-refractivity contribution < 1.29 is 23.5 Å². The number of carbonyl (C=O) groups excluding carboxylic acids is 1. The van der Waals surface area contributed by atoms with E-state index < -0.39 is 23.6 Å². The normalized spacial score (nSPS) is 27.5. The topological polar surface area (TPSA) is 57.6 Å². The molecule has 6 heteroatoms. The quantitative estimate of drug-likeness (QED) is 0.933. The minimum absolute atomic E-state index is 0.140. The van der Waals surface area contributed by atoms with Gasteiger partial charge in [0.25, 0.3) is 0 Å². The van der Waals surface area contributed by atoms with Crippen LogP contribution in [-0.2, 0) is 9.59 Å². The van der Waals surface area contributed by atoms with Crippen molar-refractivity contribution >= 4 is 11.9 Å². The standard InChI is InChI=1S/C16H17F2NO3/c17-12-5-4-9(7-13(12)18)10-8-11(10)15(20)19-6-2-1-3-14(19)16(21)22/h4-5,7,10-11,14H,1-3,6,8H2,(H,21,22)/t10-,11+,14-/m1/s1. The third-order valence-electron chi connectivity index (χ3n) is 4.55. The molecule has 118 valence electrons. The third-order valence-corrected chi connectivity index (χ3v) is 4.55. The molecule has 3 rings (SSSR count). The summed E-state index contributed by atoms with van der Waals surface area (Å²) in [4.78, 5) is 25.2. The lowest BCUT2D eigenvalue weighted by Crippen LogP contribution is -2.48. The molecule has 1 amide bonds. The van der Waals surface area contributed by atoms with Gasteiger partial charge in [-0.25, -0.2) is 13.6 Å². The van der Waals surface area contributed by atoms with Crippen molar-refractivity contribution in [1.29, 1.82) is 0 Å². The van der Waals surface area contributed by atoms with Crippen molar-refractivity contribution in [3.8, 4) is 0 Å². The van der Waals surface area contributed by atoms with E-state index in [1.807, 2.05) is 0 Å². The van der Waals surface area contributed by atoms with Crippen LogP contribution in [-0.4, -0.2) is 34.5 Å². The number of rotatable bonds is 3. The second-order valence-electron chi connectivity index (χ2n) is 6.00. The number of carbonyl (C=O) groups is 2. The van der Waals surface area contributed by atoms with Crippen molar-refractivity contribution in [3.63, 3.8) is 0 Å². The van der Waals surface area contributed by atoms with E-state index >= 15 is 0 Å². The molecule has 0 bridgehead atoms. The maximum absolute atomic E-state index is 13.3. The molecule has 1 aliphatic carbocycles. The Morgan fingerprint density at radius 1 is 1.18 bits per heavy atom. The van der Waals surface area contributed by atoms with E-state index in [-0.39, 0.29) is 17.7 Å². The Bertz CT molecular complexity index is 619. The van der Waals surface area contributed by atoms with Gasteiger partial charge >= 0.3 is 5.97 Å². The Balaban J connectivity index is 1.71. The fourth-order valence-electron chi connectivity index (χ4n) is 3.24. The molecule has 22 heavy (non-hydrogen) atoms. The first-order chi connectivity index (χ1) is 10.5. The highest BCUT2D eigenvalue weighted by atomic mass is 19.2. The van der Waals surface area contributed by atoms with Gasteiger partial charge in [0.2, 0.25) is 5.91 Å². The van der Waals surface area contributed by atoms with Gasteiger partial charge in [0.1, 0.15) is 6.04 Å². The molecule has 1 aromatic rings. The molecule has 2 fully saturated rings. The number of halogens is 2. The van der Waals surface area contributed by atoms with Crippen molar-refractivity contribution in [2.45, 2.75) is 37.6 Å². The predicted octanol–water partition coefficient (Wildman–Crippen LogP) is 2.53. The predicted molar refractivity (Wildman–Crippen MR) is 74.2 cm³/mol. The summed E-state index contributed by atoms with van der Waals surface area (Å²) in [6.45, 7) is 0.455. The Kier molecular flexibility index (Phi) is 3.85. The monoisotopic (exact) mass is 309 g/mol. The number of piperidine rings is 1. The molecule has 2 aliphatic rings. The first kappa shape index (κ1) is 14.9. The zero-order chi connectivity index (χ0) is 15.9. The number of aliphatic carboxylic acids is 1. The summed E-state index contributed by atoms with van der Waals surface area (Å²) in [7, 11) is 0. The Morgan fingerprint density at radius 3 is 2.64 bits per heavy atom. The lowest BCUT2D eigenvalue weighted by atomic mass is 10.0. The summed E-state index contributed by atoms with van der Waals surface area (Å²) >= 11 is 0. The van der Waals surface area contributed by atoms with Gasteiger partial charge < -0.3 is 10.0 Å². The van der Waals surface area contributed by atoms with Crippen LogP contribution in [0.25, 0.3) is 0 Å². The van der Waals surface area contributed by atoms with Crippen molar-refractivity contribution in [2.24, 2.45) is 5.92 Å². The molecule has 0 radical (unpaired) electrons. The van der Waals surface area contributed by atoms with E-state index in [1.54, 1.807) is 0 Å². The molecule has 1 N–H and O–H groups in total. The fourth-order valence-corrected chi connectivity index (χ4v) is 3.24. The molecule has 0 unspecified atom stereocenters. The fraction of sp³-hybridized carbons (Fsp3) is 0.500. The van der Waals surface area contributed by atoms with Crippen LogP contribution in [0.2, 0.25) is 0 Å². The van der Waals surface area contributed by atoms with E-state index in [1.165, 1.54) is 11.0 Å². The summed E-state index contributed by atoms with van der Waals surface area (Å²) in [5, 5.41) is 9.22. The Labute approximate surface area is 126 Å². The molecule has 1 aromatic carbocycles. The van der Waals surface area contributed by atoms with Crippen LogP contribution in [0.4, 0.5) is 8.78 Å². The average Bonchev–Trinajstić information content (AvgIpc) is 3.30. The number of carboxylic acid groups (broad SMARTS) is 1. The zero-order valence-corrected chi connectivity index (χ0v) is 12.0. The molecule has 4 nitrogen and oxygen atoms in total. The van der Waals surface area contributed by atoms with Crippen LogP contribution in [0.5, 0.6) is 0 Å². The minimum Gasteiger partial charge on any atom is -0.480 e. The van der Waals surface area contributed by atoms with Crippen molar-refractivity contribution in [1.82, 2.24) is 4.90 Å². The molecule has 1 aliphatic heterocycles. The van der Waals surface area contributed by atoms with E-state index in [9.17, 15) is 23.5 Å². The highest BCUT2D eigenvalue weighted by molar-refractivity contribution is 5.87. The zero-order valence-electron chi connectivity index (χ0n) is 12.0. The summed E-state index contributed by atoms with van der Waals surface area (Å²) in [5.41, 5.74) is 0.598. The minimum atomic E-state index is -0.974. The van der Waals surface area contributed by atoms with Gasteiger partial charge in [0.05, 0.1) is 0 Å². The number of hydrogen-bond acceptors (Lipinski definition) is 2. The molecule has 0 aromatic heterocycles. The largest absolute Gasteiger partial charge is 0.480 e. The van der Waals surface area contributed by atoms with Crippen LogP contribution >= 0.6 is 0 Å². The van der Waals surface area contributed by atoms with Crippen LogP contribution in [0.1, 0.15) is 37.2 Å². The second kappa shape index (κ2) is 5.66. The molecule has 1 saturated carbocycles. The Hall–Kier alpha value is -1.98. The lowest BCUT2D eigenvalue weighted by Gasteiger charge is -2.33. The molecule has 3 atom stereocenters. The van der Waals surface area contributed by atoms with Crippen LogP contribution in [0.15, 0.2) is 18.2 Å². The number of benzene rings is 1. The summed E-state index contributed by atoms with van der Waals surface area (Å²) in [6.07, 6.45) is 2.65. The average molecular weight is 309 g/mol. The van der Waals surface area contributed by atoms with Gasteiger partial charge in [0, 0.05) is 12.5 Å². The smallest absolute Gasteiger partial charge is 0.326 e. The van der Waals surface area contributed by atoms with Crippen molar-refractivity contribution in [3.05, 3.63) is 35.4 Å². The van der Waals surface area contributed by atoms with Crippen LogP contribution in [0.3, 0.4) is 0 Å². The van der Waals surface area contributed by atoms with Gasteiger partial charge in [0.15, 0.2) is 11.6 Å². The maximum atomic E-state index is 13.3. The highest BCUT2D eigenvalue weighted by Crippen LogP contribution is 2.49. The van der Waals surface area contributed by atoms with Gasteiger partial charge in [-0.3, -0.25) is 4.79 Å². The third kappa shape index (κ3) is 2.69. The summed E-state index contributed by atoms with van der Waals surface area (Å²) < 4.78 is 26.2. The number of amides is 1. The number of hydrogen-bond donors (Lipinski definition) is 1. The number of nitrogens with zero attached hydrogens (tertiary/aromatic N) is 1. The number of carboxylic acids is 1. The van der Waals surface area contributed by atoms with Crippen molar-refractivity contribution in [2.75, 3.05) is 6.54 Å².